The highest BCUT2D eigenvalue weighted by molar-refractivity contribution is 5.90. The van der Waals surface area contributed by atoms with E-state index in [4.69, 9.17) is 0 Å². The second-order valence-corrected chi connectivity index (χ2v) is 6.24. The topological polar surface area (TPSA) is 86.1 Å². The van der Waals surface area contributed by atoms with Gasteiger partial charge in [0, 0.05) is 23.5 Å². The van der Waals surface area contributed by atoms with Crippen molar-refractivity contribution in [1.29, 1.82) is 0 Å². The summed E-state index contributed by atoms with van der Waals surface area (Å²) in [7, 11) is 0. The number of anilines is 2. The van der Waals surface area contributed by atoms with E-state index in [9.17, 15) is 18.0 Å². The molecule has 1 aromatic carbocycles. The molecule has 0 saturated heterocycles. The van der Waals surface area contributed by atoms with Gasteiger partial charge >= 0.3 is 12.2 Å². The number of nitrogens with one attached hydrogen (secondary N) is 3. The maximum absolute atomic E-state index is 12.2. The van der Waals surface area contributed by atoms with Gasteiger partial charge in [0.2, 0.25) is 0 Å². The number of imidazole rings is 1. The van der Waals surface area contributed by atoms with Gasteiger partial charge in [-0.05, 0) is 18.2 Å². The first-order valence-corrected chi connectivity index (χ1v) is 8.61. The highest BCUT2D eigenvalue weighted by Crippen LogP contribution is 2.25. The molecule has 0 fully saturated rings. The molecule has 0 spiro atoms. The van der Waals surface area contributed by atoms with E-state index in [1.165, 1.54) is 0 Å². The Hall–Kier alpha value is -3.60. The van der Waals surface area contributed by atoms with Crippen LogP contribution >= 0.6 is 0 Å². The molecule has 2 aromatic heterocycles. The number of urea groups is 1. The van der Waals surface area contributed by atoms with Crippen LogP contribution in [-0.4, -0.2) is 41.1 Å². The fraction of sp³-hybridized carbons (Fsp3) is 0.167. The predicted molar refractivity (Wildman–Crippen MR) is 103 cm³/mol. The van der Waals surface area contributed by atoms with E-state index in [1.54, 1.807) is 41.1 Å². The van der Waals surface area contributed by atoms with Crippen molar-refractivity contribution in [3.8, 4) is 11.3 Å². The molecule has 3 heterocycles. The van der Waals surface area contributed by atoms with Gasteiger partial charge in [0.15, 0.2) is 0 Å². The molecule has 0 radical (unpaired) electrons. The summed E-state index contributed by atoms with van der Waals surface area (Å²) in [5.74, 6) is 0. The Morgan fingerprint density at radius 3 is 2.86 bits per heavy atom. The largest absolute Gasteiger partial charge is 0.405 e. The molecule has 4 rings (SSSR count). The number of nitrogens with zero attached hydrogens (tertiary/aromatic N) is 4. The number of hydrazine groups is 1. The number of aliphatic imine (C=N–C) groups is 1. The number of aromatic nitrogens is 2. The average molecular weight is 403 g/mol. The Morgan fingerprint density at radius 2 is 2.10 bits per heavy atom. The van der Waals surface area contributed by atoms with Gasteiger partial charge in [-0.2, -0.15) is 13.2 Å². The number of hydrogen-bond donors (Lipinski definition) is 3. The highest BCUT2D eigenvalue weighted by atomic mass is 19.4. The van der Waals surface area contributed by atoms with E-state index in [-0.39, 0.29) is 0 Å². The van der Waals surface area contributed by atoms with Crippen LogP contribution in [0.3, 0.4) is 0 Å². The van der Waals surface area contributed by atoms with E-state index in [2.05, 4.69) is 20.7 Å². The zero-order chi connectivity index (χ0) is 20.4. The van der Waals surface area contributed by atoms with Crippen LogP contribution in [0.15, 0.2) is 53.8 Å². The summed E-state index contributed by atoms with van der Waals surface area (Å²) in [4.78, 5) is 20.2. The molecular weight excluding hydrogens is 387 g/mol. The predicted octanol–water partition coefficient (Wildman–Crippen LogP) is 3.00. The SMILES string of the molecule is O=C(NCC(F)(F)F)Nc1cccc(-c2cnc3cc(N4C=NCN4)ccn23)c1. The average Bonchev–Trinajstić information content (AvgIpc) is 3.35. The lowest BCUT2D eigenvalue weighted by molar-refractivity contribution is -0.122. The van der Waals surface area contributed by atoms with Gasteiger partial charge in [0.25, 0.3) is 0 Å². The van der Waals surface area contributed by atoms with Gasteiger partial charge in [-0.25, -0.2) is 15.2 Å². The van der Waals surface area contributed by atoms with Crippen LogP contribution in [0.5, 0.6) is 0 Å². The first-order valence-electron chi connectivity index (χ1n) is 8.61. The molecule has 1 aliphatic rings. The first kappa shape index (κ1) is 18.7. The maximum Gasteiger partial charge on any atom is 0.405 e. The molecule has 2 amide bonds. The number of rotatable bonds is 4. The Morgan fingerprint density at radius 1 is 1.24 bits per heavy atom. The van der Waals surface area contributed by atoms with Crippen LogP contribution in [0.25, 0.3) is 16.9 Å². The monoisotopic (exact) mass is 403 g/mol. The quantitative estimate of drug-likeness (QED) is 0.625. The van der Waals surface area contributed by atoms with Crippen LogP contribution < -0.4 is 21.1 Å². The molecular formula is C18H16F3N7O. The van der Waals surface area contributed by atoms with Crippen molar-refractivity contribution in [3.63, 3.8) is 0 Å². The second-order valence-electron chi connectivity index (χ2n) is 6.24. The number of hydrogen-bond acceptors (Lipinski definition) is 5. The van der Waals surface area contributed by atoms with Crippen molar-refractivity contribution in [2.24, 2.45) is 4.99 Å². The smallest absolute Gasteiger partial charge is 0.329 e. The lowest BCUT2D eigenvalue weighted by atomic mass is 10.1. The normalized spacial score (nSPS) is 13.8. The van der Waals surface area contributed by atoms with E-state index in [0.717, 1.165) is 16.9 Å². The molecule has 0 saturated carbocycles. The third kappa shape index (κ3) is 4.29. The van der Waals surface area contributed by atoms with Crippen molar-refractivity contribution >= 4 is 29.4 Å². The molecule has 0 atom stereocenters. The molecule has 0 aliphatic carbocycles. The summed E-state index contributed by atoms with van der Waals surface area (Å²) in [5.41, 5.74) is 6.56. The lowest BCUT2D eigenvalue weighted by Crippen LogP contribution is -2.36. The number of fused-ring (bicyclic) bond motifs is 1. The zero-order valence-electron chi connectivity index (χ0n) is 14.9. The summed E-state index contributed by atoms with van der Waals surface area (Å²) >= 11 is 0. The maximum atomic E-state index is 12.2. The second kappa shape index (κ2) is 7.43. The molecule has 3 N–H and O–H groups in total. The Balaban J connectivity index is 1.54. The van der Waals surface area contributed by atoms with Crippen molar-refractivity contribution in [2.75, 3.05) is 23.5 Å². The Kier molecular flexibility index (Phi) is 4.80. The van der Waals surface area contributed by atoms with Crippen LogP contribution in [-0.2, 0) is 0 Å². The van der Waals surface area contributed by atoms with Gasteiger partial charge in [-0.15, -0.1) is 0 Å². The fourth-order valence-corrected chi connectivity index (χ4v) is 2.88. The lowest BCUT2D eigenvalue weighted by Gasteiger charge is -2.14. The van der Waals surface area contributed by atoms with Crippen LogP contribution in [0.2, 0.25) is 0 Å². The number of carbonyl (C=O) groups excluding carboxylic acids is 1. The van der Waals surface area contributed by atoms with Crippen molar-refractivity contribution in [3.05, 3.63) is 48.8 Å². The van der Waals surface area contributed by atoms with E-state index >= 15 is 0 Å². The molecule has 11 heteroatoms. The van der Waals surface area contributed by atoms with Gasteiger partial charge in [-0.1, -0.05) is 12.1 Å². The third-order valence-corrected chi connectivity index (χ3v) is 4.17. The summed E-state index contributed by atoms with van der Waals surface area (Å²) in [6.45, 7) is -0.883. The molecule has 29 heavy (non-hydrogen) atoms. The first-order chi connectivity index (χ1) is 13.9. The number of benzene rings is 1. The molecule has 8 nitrogen and oxygen atoms in total. The molecule has 1 aliphatic heterocycles. The Bertz CT molecular complexity index is 1080. The minimum Gasteiger partial charge on any atom is -0.329 e. The van der Waals surface area contributed by atoms with E-state index in [0.29, 0.717) is 18.0 Å². The summed E-state index contributed by atoms with van der Waals surface area (Å²) in [5, 5.41) is 5.97. The number of amides is 2. The van der Waals surface area contributed by atoms with Crippen molar-refractivity contribution in [1.82, 2.24) is 20.1 Å². The Labute approximate surface area is 163 Å². The van der Waals surface area contributed by atoms with Gasteiger partial charge < -0.3 is 10.6 Å². The molecule has 0 unspecified atom stereocenters. The summed E-state index contributed by atoms with van der Waals surface area (Å²) in [6.07, 6.45) is 0.768. The minimum atomic E-state index is -4.47. The molecule has 3 aromatic rings. The third-order valence-electron chi connectivity index (χ3n) is 4.17. The van der Waals surface area contributed by atoms with E-state index < -0.39 is 18.8 Å². The minimum absolute atomic E-state index is 0.367. The van der Waals surface area contributed by atoms with Gasteiger partial charge in [-0.3, -0.25) is 14.4 Å². The van der Waals surface area contributed by atoms with Gasteiger partial charge in [0.1, 0.15) is 25.2 Å². The summed E-state index contributed by atoms with van der Waals surface area (Å²) < 4.78 is 38.5. The molecule has 0 bridgehead atoms. The molecule has 150 valence electrons. The van der Waals surface area contributed by atoms with Crippen molar-refractivity contribution in [2.45, 2.75) is 6.18 Å². The van der Waals surface area contributed by atoms with Gasteiger partial charge in [0.05, 0.1) is 17.6 Å². The highest BCUT2D eigenvalue weighted by Gasteiger charge is 2.27. The number of carbonyl (C=O) groups is 1. The van der Waals surface area contributed by atoms with Crippen LogP contribution in [0.4, 0.5) is 29.3 Å². The zero-order valence-corrected chi connectivity index (χ0v) is 14.9. The number of alkyl halides is 3. The number of halogens is 3. The van der Waals surface area contributed by atoms with Crippen LogP contribution in [0, 0.1) is 0 Å². The van der Waals surface area contributed by atoms with Crippen LogP contribution in [0.1, 0.15) is 0 Å². The number of pyridine rings is 1. The summed E-state index contributed by atoms with van der Waals surface area (Å²) in [6, 6.07) is 9.64. The van der Waals surface area contributed by atoms with E-state index in [1.807, 2.05) is 28.8 Å². The fourth-order valence-electron chi connectivity index (χ4n) is 2.88. The standard InChI is InChI=1S/C18H16F3N7O/c19-18(20,21)9-24-17(29)26-13-3-1-2-12(6-13)15-8-23-16-7-14(4-5-27(15)16)28-11-22-10-25-28/h1-8,11,25H,9-10H2,(H2,24,26,29). The van der Waals surface area contributed by atoms with Crippen molar-refractivity contribution < 1.29 is 18.0 Å².